The van der Waals surface area contributed by atoms with Crippen molar-refractivity contribution in [3.05, 3.63) is 24.0 Å². The number of rotatable bonds is 2. The van der Waals surface area contributed by atoms with Gasteiger partial charge in [-0.1, -0.05) is 0 Å². The molecule has 0 aromatic carbocycles. The van der Waals surface area contributed by atoms with E-state index in [4.69, 9.17) is 14.7 Å². The molecule has 1 fully saturated rings. The predicted octanol–water partition coefficient (Wildman–Crippen LogP) is 2.29. The van der Waals surface area contributed by atoms with Crippen LogP contribution in [0, 0.1) is 11.3 Å². The van der Waals surface area contributed by atoms with Crippen molar-refractivity contribution in [3.63, 3.8) is 0 Å². The highest BCUT2D eigenvalue weighted by Gasteiger charge is 2.26. The van der Waals surface area contributed by atoms with Crippen LogP contribution in [0.25, 0.3) is 0 Å². The lowest BCUT2D eigenvalue weighted by Crippen LogP contribution is -2.35. The van der Waals surface area contributed by atoms with Gasteiger partial charge in [0.1, 0.15) is 12.2 Å². The molecule has 0 bridgehead atoms. The summed E-state index contributed by atoms with van der Waals surface area (Å²) in [5, 5.41) is 8.93. The first kappa shape index (κ1) is 11.9. The Balaban J connectivity index is 2.08. The third kappa shape index (κ3) is 2.95. The van der Waals surface area contributed by atoms with Crippen molar-refractivity contribution in [2.75, 3.05) is 0 Å². The largest absolute Gasteiger partial charge is 0.487 e. The molecule has 2 unspecified atom stereocenters. The van der Waals surface area contributed by atoms with E-state index in [1.165, 1.54) is 0 Å². The van der Waals surface area contributed by atoms with Gasteiger partial charge in [-0.05, 0) is 26.0 Å². The summed E-state index contributed by atoms with van der Waals surface area (Å²) in [4.78, 5) is 3.98. The number of nitrogens with zero attached hydrogens (tertiary/aromatic N) is 2. The molecule has 1 aliphatic heterocycles. The van der Waals surface area contributed by atoms with E-state index in [0.717, 1.165) is 12.8 Å². The summed E-state index contributed by atoms with van der Waals surface area (Å²) in [5.74, 6) is 0.571. The highest BCUT2D eigenvalue weighted by atomic mass is 16.5. The van der Waals surface area contributed by atoms with Gasteiger partial charge < -0.3 is 9.47 Å². The second-order valence-electron chi connectivity index (χ2n) is 4.43. The molecule has 1 aromatic rings. The van der Waals surface area contributed by atoms with Gasteiger partial charge in [0, 0.05) is 19.0 Å². The number of ether oxygens (including phenoxy) is 2. The van der Waals surface area contributed by atoms with Crippen LogP contribution >= 0.6 is 0 Å². The van der Waals surface area contributed by atoms with Crippen LogP contribution in [0.1, 0.15) is 32.4 Å². The Bertz CT molecular complexity index is 418. The molecule has 4 nitrogen and oxygen atoms in total. The van der Waals surface area contributed by atoms with E-state index in [9.17, 15) is 0 Å². The summed E-state index contributed by atoms with van der Waals surface area (Å²) in [7, 11) is 0. The zero-order valence-electron chi connectivity index (χ0n) is 10.1. The smallest absolute Gasteiger partial charge is 0.182 e. The third-order valence-electron chi connectivity index (χ3n) is 2.82. The number of hydrogen-bond acceptors (Lipinski definition) is 4. The van der Waals surface area contributed by atoms with Crippen LogP contribution in [0.15, 0.2) is 18.3 Å². The topological polar surface area (TPSA) is 55.1 Å². The van der Waals surface area contributed by atoms with Crippen LogP contribution in [-0.4, -0.2) is 23.3 Å². The van der Waals surface area contributed by atoms with Gasteiger partial charge in [-0.25, -0.2) is 4.98 Å². The monoisotopic (exact) mass is 232 g/mol. The molecule has 17 heavy (non-hydrogen) atoms. The van der Waals surface area contributed by atoms with E-state index >= 15 is 0 Å². The molecule has 2 rings (SSSR count). The third-order valence-corrected chi connectivity index (χ3v) is 2.82. The van der Waals surface area contributed by atoms with Crippen molar-refractivity contribution in [2.24, 2.45) is 0 Å². The Hall–Kier alpha value is -1.60. The van der Waals surface area contributed by atoms with Gasteiger partial charge in [0.2, 0.25) is 0 Å². The fraction of sp³-hybridized carbons (Fsp3) is 0.538. The standard InChI is InChI=1S/C13H16N2O2/c1-9-6-11(7-10(2)16-9)17-13-4-3-5-15-12(13)8-14/h3-5,9-11H,6-7H2,1-2H3. The van der Waals surface area contributed by atoms with Crippen molar-refractivity contribution >= 4 is 0 Å². The molecule has 1 saturated heterocycles. The number of hydrogen-bond donors (Lipinski definition) is 0. The van der Waals surface area contributed by atoms with E-state index in [0.29, 0.717) is 11.4 Å². The second kappa shape index (κ2) is 5.15. The lowest BCUT2D eigenvalue weighted by atomic mass is 10.0. The lowest BCUT2D eigenvalue weighted by Gasteiger charge is -2.32. The van der Waals surface area contributed by atoms with Gasteiger partial charge in [0.15, 0.2) is 11.4 Å². The Morgan fingerprint density at radius 1 is 1.41 bits per heavy atom. The fourth-order valence-electron chi connectivity index (χ4n) is 2.19. The summed E-state index contributed by atoms with van der Waals surface area (Å²) in [6.07, 6.45) is 3.80. The molecule has 1 aromatic heterocycles. The van der Waals surface area contributed by atoms with Crippen LogP contribution in [0.2, 0.25) is 0 Å². The molecule has 0 amide bonds. The Morgan fingerprint density at radius 3 is 2.76 bits per heavy atom. The highest BCUT2D eigenvalue weighted by molar-refractivity contribution is 5.36. The summed E-state index contributed by atoms with van der Waals surface area (Å²) >= 11 is 0. The quantitative estimate of drug-likeness (QED) is 0.785. The molecule has 0 saturated carbocycles. The first-order valence-corrected chi connectivity index (χ1v) is 5.86. The van der Waals surface area contributed by atoms with Crippen LogP contribution in [0.3, 0.4) is 0 Å². The zero-order chi connectivity index (χ0) is 12.3. The zero-order valence-corrected chi connectivity index (χ0v) is 10.1. The number of nitriles is 1. The lowest BCUT2D eigenvalue weighted by molar-refractivity contribution is -0.0722. The number of pyridine rings is 1. The van der Waals surface area contributed by atoms with Crippen molar-refractivity contribution < 1.29 is 9.47 Å². The van der Waals surface area contributed by atoms with Gasteiger partial charge in [-0.15, -0.1) is 0 Å². The maximum Gasteiger partial charge on any atom is 0.182 e. The van der Waals surface area contributed by atoms with Gasteiger partial charge in [-0.2, -0.15) is 5.26 Å². The molecule has 0 N–H and O–H groups in total. The molecule has 4 heteroatoms. The molecule has 90 valence electrons. The summed E-state index contributed by atoms with van der Waals surface area (Å²) < 4.78 is 11.5. The average molecular weight is 232 g/mol. The van der Waals surface area contributed by atoms with Gasteiger partial charge >= 0.3 is 0 Å². The Kier molecular flexibility index (Phi) is 3.60. The van der Waals surface area contributed by atoms with Crippen molar-refractivity contribution in [2.45, 2.75) is 45.0 Å². The highest BCUT2D eigenvalue weighted by Crippen LogP contribution is 2.25. The van der Waals surface area contributed by atoms with Crippen molar-refractivity contribution in [1.29, 1.82) is 5.26 Å². The van der Waals surface area contributed by atoms with Gasteiger partial charge in [-0.3, -0.25) is 0 Å². The first-order chi connectivity index (χ1) is 8.19. The predicted molar refractivity (Wildman–Crippen MR) is 62.6 cm³/mol. The SMILES string of the molecule is CC1CC(Oc2cccnc2C#N)CC(C)O1. The summed E-state index contributed by atoms with van der Waals surface area (Å²) in [6, 6.07) is 5.61. The molecule has 0 radical (unpaired) electrons. The summed E-state index contributed by atoms with van der Waals surface area (Å²) in [6.45, 7) is 4.08. The Morgan fingerprint density at radius 2 is 2.12 bits per heavy atom. The molecule has 2 atom stereocenters. The van der Waals surface area contributed by atoms with Crippen LogP contribution < -0.4 is 4.74 Å². The van der Waals surface area contributed by atoms with Crippen LogP contribution in [0.4, 0.5) is 0 Å². The molecular formula is C13H16N2O2. The molecule has 2 heterocycles. The minimum atomic E-state index is 0.102. The van der Waals surface area contributed by atoms with E-state index in [1.54, 1.807) is 18.3 Å². The normalized spacial score (nSPS) is 28.4. The second-order valence-corrected chi connectivity index (χ2v) is 4.43. The molecule has 1 aliphatic rings. The maximum atomic E-state index is 8.93. The van der Waals surface area contributed by atoms with E-state index < -0.39 is 0 Å². The minimum absolute atomic E-state index is 0.102. The van der Waals surface area contributed by atoms with E-state index in [2.05, 4.69) is 4.98 Å². The molecular weight excluding hydrogens is 216 g/mol. The molecule has 0 aliphatic carbocycles. The average Bonchev–Trinajstić information content (AvgIpc) is 2.28. The van der Waals surface area contributed by atoms with Gasteiger partial charge in [0.05, 0.1) is 12.2 Å². The first-order valence-electron chi connectivity index (χ1n) is 5.86. The summed E-state index contributed by atoms with van der Waals surface area (Å²) in [5.41, 5.74) is 0.347. The van der Waals surface area contributed by atoms with Gasteiger partial charge in [0.25, 0.3) is 0 Å². The van der Waals surface area contributed by atoms with Crippen LogP contribution in [-0.2, 0) is 4.74 Å². The number of aromatic nitrogens is 1. The van der Waals surface area contributed by atoms with Crippen molar-refractivity contribution in [1.82, 2.24) is 4.98 Å². The van der Waals surface area contributed by atoms with E-state index in [1.807, 2.05) is 19.9 Å². The van der Waals surface area contributed by atoms with Crippen molar-refractivity contribution in [3.8, 4) is 11.8 Å². The molecule has 0 spiro atoms. The minimum Gasteiger partial charge on any atom is -0.487 e. The maximum absolute atomic E-state index is 8.93. The fourth-order valence-corrected chi connectivity index (χ4v) is 2.19. The van der Waals surface area contributed by atoms with Crippen LogP contribution in [0.5, 0.6) is 5.75 Å². The Labute approximate surface area is 101 Å². The van der Waals surface area contributed by atoms with E-state index in [-0.39, 0.29) is 18.3 Å².